The van der Waals surface area contributed by atoms with Crippen LogP contribution in [0.3, 0.4) is 0 Å². The second kappa shape index (κ2) is 14.3. The van der Waals surface area contributed by atoms with Crippen molar-refractivity contribution in [2.45, 2.75) is 83.5 Å². The average Bonchev–Trinajstić information content (AvgIpc) is 3.66. The molecule has 8 rings (SSSR count). The van der Waals surface area contributed by atoms with Crippen molar-refractivity contribution in [3.8, 4) is 34.1 Å². The molecule has 272 valence electrons. The van der Waals surface area contributed by atoms with E-state index in [1.165, 1.54) is 6.07 Å². The summed E-state index contributed by atoms with van der Waals surface area (Å²) in [6, 6.07) is 14.8. The fourth-order valence-corrected chi connectivity index (χ4v) is 7.42. The molecule has 4 aliphatic rings. The Balaban J connectivity index is 1.12. The number of nitrogens with zero attached hydrogens (tertiary/aromatic N) is 7. The summed E-state index contributed by atoms with van der Waals surface area (Å²) in [4.78, 5) is 34.4. The van der Waals surface area contributed by atoms with Crippen molar-refractivity contribution in [2.75, 3.05) is 32.8 Å². The summed E-state index contributed by atoms with van der Waals surface area (Å²) in [6.45, 7) is 10.0. The summed E-state index contributed by atoms with van der Waals surface area (Å²) in [5.41, 5.74) is 3.29. The van der Waals surface area contributed by atoms with Crippen molar-refractivity contribution in [3.63, 3.8) is 0 Å². The van der Waals surface area contributed by atoms with Gasteiger partial charge in [0.15, 0.2) is 5.82 Å². The van der Waals surface area contributed by atoms with Gasteiger partial charge in [-0.05, 0) is 73.2 Å². The van der Waals surface area contributed by atoms with Gasteiger partial charge in [-0.1, -0.05) is 20.8 Å². The molecule has 1 aliphatic carbocycles. The minimum Gasteiger partial charge on any atom is -0.457 e. The molecule has 2 aromatic heterocycles. The van der Waals surface area contributed by atoms with Crippen LogP contribution in [0, 0.1) is 11.7 Å². The molecule has 2 aromatic carbocycles. The third-order valence-electron chi connectivity index (χ3n) is 10.4. The predicted octanol–water partition coefficient (Wildman–Crippen LogP) is 5.29. The quantitative estimate of drug-likeness (QED) is 0.221. The van der Waals surface area contributed by atoms with Gasteiger partial charge in [-0.15, -0.1) is 0 Å². The molecule has 52 heavy (non-hydrogen) atoms. The maximum atomic E-state index is 16.3. The Labute approximate surface area is 302 Å². The van der Waals surface area contributed by atoms with E-state index in [4.69, 9.17) is 19.6 Å². The van der Waals surface area contributed by atoms with Gasteiger partial charge in [0, 0.05) is 68.7 Å². The largest absolute Gasteiger partial charge is 0.457 e. The number of morpholine rings is 1. The van der Waals surface area contributed by atoms with Gasteiger partial charge in [-0.3, -0.25) is 9.59 Å². The highest BCUT2D eigenvalue weighted by Gasteiger charge is 2.42. The number of carbonyl (C=O) groups is 2. The van der Waals surface area contributed by atoms with Gasteiger partial charge < -0.3 is 24.6 Å². The Kier molecular flexibility index (Phi) is 9.47. The highest BCUT2D eigenvalue weighted by atomic mass is 19.1. The molecule has 4 aromatic rings. The van der Waals surface area contributed by atoms with Crippen LogP contribution in [0.15, 0.2) is 48.5 Å². The summed E-state index contributed by atoms with van der Waals surface area (Å²) < 4.78 is 30.6. The van der Waals surface area contributed by atoms with E-state index in [-0.39, 0.29) is 53.6 Å². The third kappa shape index (κ3) is 7.29. The number of rotatable bonds is 11. The second-order valence-electron chi connectivity index (χ2n) is 15.0. The van der Waals surface area contributed by atoms with E-state index in [9.17, 15) is 9.59 Å². The van der Waals surface area contributed by atoms with Gasteiger partial charge in [0.25, 0.3) is 0 Å². The standard InChI is InChI=1S/C39H45FN8O4/c1-23(2)33-10-11-34(44-43-33)25-4-8-29(9-5-25)52-35-17-31(32(40)15-26(35)20-46-19-24(3)14-36(46)49)38-42-39(27-16-37(50)47(21-27)28-6-7-28)48(45-38)22-30-18-41-12-13-51-30/h4-5,8-11,15,17,23-24,27-28,30,41H,6-7,12-14,16,18-22H2,1-3H3/t24-,27?,30-/m0/s1. The lowest BCUT2D eigenvalue weighted by Gasteiger charge is -2.24. The highest BCUT2D eigenvalue weighted by Crippen LogP contribution is 2.38. The zero-order valence-electron chi connectivity index (χ0n) is 29.9. The SMILES string of the molecule is CC(C)c1ccc(-c2ccc(Oc3cc(-c4nc(C5CC(=O)N(C6CC6)C5)n(C[C@@H]5CNCCO5)n4)c(F)cc3CN3C[C@@H](C)CC3=O)cc2)nn1. The number of carbonyl (C=O) groups excluding carboxylic acids is 2. The number of hydrogen-bond acceptors (Lipinski definition) is 9. The van der Waals surface area contributed by atoms with Crippen molar-refractivity contribution in [2.24, 2.45) is 5.92 Å². The van der Waals surface area contributed by atoms with Crippen molar-refractivity contribution >= 4 is 11.8 Å². The lowest BCUT2D eigenvalue weighted by Crippen LogP contribution is -2.41. The monoisotopic (exact) mass is 708 g/mol. The number of hydrogen-bond donors (Lipinski definition) is 1. The van der Waals surface area contributed by atoms with Crippen LogP contribution in [0.4, 0.5) is 4.39 Å². The maximum absolute atomic E-state index is 16.3. The van der Waals surface area contributed by atoms with E-state index in [0.29, 0.717) is 74.6 Å². The van der Waals surface area contributed by atoms with Gasteiger partial charge in [0.05, 0.1) is 36.2 Å². The second-order valence-corrected chi connectivity index (χ2v) is 15.0. The number of amides is 2. The molecule has 2 amide bonds. The molecular weight excluding hydrogens is 663 g/mol. The van der Waals surface area contributed by atoms with Crippen molar-refractivity contribution in [1.29, 1.82) is 0 Å². The Morgan fingerprint density at radius 1 is 1.02 bits per heavy atom. The summed E-state index contributed by atoms with van der Waals surface area (Å²) in [6.07, 6.45) is 2.74. The molecule has 3 saturated heterocycles. The smallest absolute Gasteiger partial charge is 0.223 e. The molecule has 0 bridgehead atoms. The number of aromatic nitrogens is 5. The van der Waals surface area contributed by atoms with Crippen LogP contribution in [0.5, 0.6) is 11.5 Å². The Hall–Kier alpha value is -4.75. The lowest BCUT2D eigenvalue weighted by molar-refractivity contribution is -0.129. The summed E-state index contributed by atoms with van der Waals surface area (Å²) >= 11 is 0. The summed E-state index contributed by atoms with van der Waals surface area (Å²) in [5.74, 6) is 1.83. The van der Waals surface area contributed by atoms with E-state index in [1.54, 1.807) is 15.6 Å². The van der Waals surface area contributed by atoms with Crippen molar-refractivity contribution in [1.82, 2.24) is 40.1 Å². The van der Waals surface area contributed by atoms with E-state index >= 15 is 4.39 Å². The van der Waals surface area contributed by atoms with Crippen LogP contribution in [0.25, 0.3) is 22.6 Å². The Bertz CT molecular complexity index is 1940. The number of benzene rings is 2. The molecule has 0 spiro atoms. The molecule has 5 heterocycles. The minimum atomic E-state index is -0.512. The number of halogens is 1. The predicted molar refractivity (Wildman–Crippen MR) is 191 cm³/mol. The summed E-state index contributed by atoms with van der Waals surface area (Å²) in [7, 11) is 0. The molecule has 1 N–H and O–H groups in total. The van der Waals surface area contributed by atoms with E-state index in [0.717, 1.165) is 36.3 Å². The Morgan fingerprint density at radius 2 is 1.85 bits per heavy atom. The first kappa shape index (κ1) is 34.3. The van der Waals surface area contributed by atoms with Gasteiger partial charge in [-0.25, -0.2) is 14.1 Å². The van der Waals surface area contributed by atoms with Gasteiger partial charge >= 0.3 is 0 Å². The fourth-order valence-electron chi connectivity index (χ4n) is 7.42. The zero-order chi connectivity index (χ0) is 35.9. The molecule has 4 fully saturated rings. The van der Waals surface area contributed by atoms with Crippen LogP contribution < -0.4 is 10.1 Å². The topological polar surface area (TPSA) is 128 Å². The molecule has 1 saturated carbocycles. The third-order valence-corrected chi connectivity index (χ3v) is 10.4. The first-order valence-electron chi connectivity index (χ1n) is 18.5. The molecule has 12 nitrogen and oxygen atoms in total. The van der Waals surface area contributed by atoms with Gasteiger partial charge in [-0.2, -0.15) is 15.3 Å². The van der Waals surface area contributed by atoms with Crippen molar-refractivity contribution in [3.05, 3.63) is 71.4 Å². The normalized spacial score (nSPS) is 22.2. The molecule has 13 heteroatoms. The fraction of sp³-hybridized carbons (Fsp3) is 0.487. The first-order valence-corrected chi connectivity index (χ1v) is 18.5. The molecule has 3 aliphatic heterocycles. The molecule has 3 atom stereocenters. The summed E-state index contributed by atoms with van der Waals surface area (Å²) in [5, 5.41) is 17.0. The minimum absolute atomic E-state index is 0.0349. The maximum Gasteiger partial charge on any atom is 0.223 e. The van der Waals surface area contributed by atoms with Crippen molar-refractivity contribution < 1.29 is 23.5 Å². The van der Waals surface area contributed by atoms with E-state index in [1.807, 2.05) is 48.2 Å². The number of ether oxygens (including phenoxy) is 2. The van der Waals surface area contributed by atoms with Crippen LogP contribution >= 0.6 is 0 Å². The molecule has 0 radical (unpaired) electrons. The van der Waals surface area contributed by atoms with Crippen LogP contribution in [-0.2, 0) is 27.4 Å². The van der Waals surface area contributed by atoms with Gasteiger partial charge in [0.2, 0.25) is 11.8 Å². The molecular formula is C39H45FN8O4. The van der Waals surface area contributed by atoms with E-state index < -0.39 is 5.82 Å². The van der Waals surface area contributed by atoms with E-state index in [2.05, 4.69) is 29.4 Å². The first-order chi connectivity index (χ1) is 25.2. The van der Waals surface area contributed by atoms with Crippen LogP contribution in [-0.4, -0.2) is 91.5 Å². The van der Waals surface area contributed by atoms with Gasteiger partial charge in [0.1, 0.15) is 23.1 Å². The van der Waals surface area contributed by atoms with Crippen LogP contribution in [0.1, 0.15) is 75.4 Å². The zero-order valence-corrected chi connectivity index (χ0v) is 29.9. The Morgan fingerprint density at radius 3 is 2.52 bits per heavy atom. The molecule has 1 unspecified atom stereocenters. The van der Waals surface area contributed by atoms with Crippen LogP contribution in [0.2, 0.25) is 0 Å². The number of likely N-dealkylation sites (tertiary alicyclic amines) is 2. The number of nitrogens with one attached hydrogen (secondary N) is 1. The average molecular weight is 709 g/mol. The highest BCUT2D eigenvalue weighted by molar-refractivity contribution is 5.80. The lowest BCUT2D eigenvalue weighted by atomic mass is 10.1.